The number of amides is 3. The number of allylic oxidation sites excluding steroid dienone is 2. The first-order valence-electron chi connectivity index (χ1n) is 8.60. The number of hydrogen-bond acceptors (Lipinski definition) is 3. The molecule has 1 aromatic carbocycles. The summed E-state index contributed by atoms with van der Waals surface area (Å²) in [5.74, 6) is -0.855. The van der Waals surface area contributed by atoms with E-state index in [2.05, 4.69) is 5.32 Å². The second-order valence-corrected chi connectivity index (χ2v) is 7.36. The van der Waals surface area contributed by atoms with Gasteiger partial charge < -0.3 is 5.32 Å². The Morgan fingerprint density at radius 1 is 1.12 bits per heavy atom. The zero-order chi connectivity index (χ0) is 17.6. The molecule has 1 saturated carbocycles. The number of nitrogens with zero attached hydrogens (tertiary/aromatic N) is 1. The van der Waals surface area contributed by atoms with Crippen LogP contribution in [0.4, 0.5) is 0 Å². The van der Waals surface area contributed by atoms with E-state index in [1.165, 1.54) is 0 Å². The second-order valence-electron chi connectivity index (χ2n) is 6.95. The number of fused-ring (bicyclic) bond motifs is 5. The van der Waals surface area contributed by atoms with Crippen LogP contribution in [-0.4, -0.2) is 35.7 Å². The predicted octanol–water partition coefficient (Wildman–Crippen LogP) is 1.81. The van der Waals surface area contributed by atoms with E-state index in [-0.39, 0.29) is 47.9 Å². The maximum Gasteiger partial charge on any atom is 0.240 e. The molecule has 1 aromatic rings. The van der Waals surface area contributed by atoms with Crippen molar-refractivity contribution in [2.24, 2.45) is 23.7 Å². The Morgan fingerprint density at radius 3 is 2.40 bits per heavy atom. The van der Waals surface area contributed by atoms with Gasteiger partial charge in [-0.25, -0.2) is 0 Å². The van der Waals surface area contributed by atoms with Crippen molar-refractivity contribution < 1.29 is 14.4 Å². The summed E-state index contributed by atoms with van der Waals surface area (Å²) in [7, 11) is 0. The predicted molar refractivity (Wildman–Crippen MR) is 92.6 cm³/mol. The molecule has 1 saturated heterocycles. The summed E-state index contributed by atoms with van der Waals surface area (Å²) in [5.41, 5.74) is 0.954. The zero-order valence-corrected chi connectivity index (χ0v) is 14.4. The molecular formula is C19H19ClN2O3. The average molecular weight is 359 g/mol. The highest BCUT2D eigenvalue weighted by Gasteiger charge is 2.59. The lowest BCUT2D eigenvalue weighted by atomic mass is 9.85. The van der Waals surface area contributed by atoms with E-state index < -0.39 is 0 Å². The largest absolute Gasteiger partial charge is 0.354 e. The molecule has 0 radical (unpaired) electrons. The molecular weight excluding hydrogens is 340 g/mol. The molecule has 2 bridgehead atoms. The van der Waals surface area contributed by atoms with Crippen molar-refractivity contribution in [2.45, 2.75) is 12.8 Å². The minimum atomic E-state index is -0.311. The molecule has 4 atom stereocenters. The number of benzene rings is 1. The highest BCUT2D eigenvalue weighted by Crippen LogP contribution is 2.52. The zero-order valence-electron chi connectivity index (χ0n) is 13.7. The monoisotopic (exact) mass is 358 g/mol. The van der Waals surface area contributed by atoms with Gasteiger partial charge >= 0.3 is 0 Å². The fourth-order valence-electron chi connectivity index (χ4n) is 4.36. The molecule has 0 unspecified atom stereocenters. The fraction of sp³-hybridized carbons (Fsp3) is 0.421. The molecule has 0 aromatic heterocycles. The first-order valence-corrected chi connectivity index (χ1v) is 8.97. The van der Waals surface area contributed by atoms with Crippen LogP contribution in [0.1, 0.15) is 12.0 Å². The summed E-state index contributed by atoms with van der Waals surface area (Å²) in [6, 6.07) is 7.47. The van der Waals surface area contributed by atoms with Gasteiger partial charge in [0, 0.05) is 11.6 Å². The van der Waals surface area contributed by atoms with Crippen LogP contribution in [0.25, 0.3) is 0 Å². The van der Waals surface area contributed by atoms with E-state index in [9.17, 15) is 14.4 Å². The van der Waals surface area contributed by atoms with Crippen LogP contribution in [0.5, 0.6) is 0 Å². The second kappa shape index (κ2) is 6.30. The van der Waals surface area contributed by atoms with E-state index in [4.69, 9.17) is 11.6 Å². The number of rotatable bonds is 5. The normalized spacial score (nSPS) is 29.4. The first kappa shape index (κ1) is 16.3. The number of imide groups is 1. The molecule has 1 N–H and O–H groups in total. The summed E-state index contributed by atoms with van der Waals surface area (Å²) in [6.07, 6.45) is 5.59. The van der Waals surface area contributed by atoms with Gasteiger partial charge in [0.15, 0.2) is 0 Å². The van der Waals surface area contributed by atoms with Crippen LogP contribution >= 0.6 is 11.6 Å². The van der Waals surface area contributed by atoms with Crippen molar-refractivity contribution in [3.8, 4) is 0 Å². The number of nitrogens with one attached hydrogen (secondary N) is 1. The Labute approximate surface area is 151 Å². The smallest absolute Gasteiger partial charge is 0.240 e. The van der Waals surface area contributed by atoms with Crippen molar-refractivity contribution in [2.75, 3.05) is 13.1 Å². The third kappa shape index (κ3) is 2.76. The van der Waals surface area contributed by atoms with E-state index in [0.29, 0.717) is 18.0 Å². The van der Waals surface area contributed by atoms with Crippen LogP contribution in [0.15, 0.2) is 36.4 Å². The van der Waals surface area contributed by atoms with Crippen molar-refractivity contribution in [3.63, 3.8) is 0 Å². The van der Waals surface area contributed by atoms with Gasteiger partial charge in [0.25, 0.3) is 0 Å². The van der Waals surface area contributed by atoms with Crippen LogP contribution in [0.2, 0.25) is 5.02 Å². The van der Waals surface area contributed by atoms with Gasteiger partial charge in [-0.2, -0.15) is 0 Å². The highest BCUT2D eigenvalue weighted by atomic mass is 35.5. The minimum Gasteiger partial charge on any atom is -0.354 e. The summed E-state index contributed by atoms with van der Waals surface area (Å²) in [6.45, 7) is 0.227. The molecule has 25 heavy (non-hydrogen) atoms. The summed E-state index contributed by atoms with van der Waals surface area (Å²) < 4.78 is 0. The molecule has 1 aliphatic heterocycles. The molecule has 4 rings (SSSR count). The van der Waals surface area contributed by atoms with E-state index >= 15 is 0 Å². The van der Waals surface area contributed by atoms with Crippen LogP contribution < -0.4 is 5.32 Å². The quantitative estimate of drug-likeness (QED) is 0.644. The summed E-state index contributed by atoms with van der Waals surface area (Å²) in [4.78, 5) is 38.4. The summed E-state index contributed by atoms with van der Waals surface area (Å²) >= 11 is 6.09. The number of carbonyl (C=O) groups excluding carboxylic acids is 3. The molecule has 1 heterocycles. The number of likely N-dealkylation sites (tertiary alicyclic amines) is 1. The van der Waals surface area contributed by atoms with Crippen molar-refractivity contribution in [1.82, 2.24) is 10.2 Å². The van der Waals surface area contributed by atoms with E-state index in [0.717, 1.165) is 16.9 Å². The van der Waals surface area contributed by atoms with Gasteiger partial charge in [-0.05, 0) is 36.3 Å². The van der Waals surface area contributed by atoms with Gasteiger partial charge in [-0.1, -0.05) is 42.0 Å². The van der Waals surface area contributed by atoms with Gasteiger partial charge in [0.2, 0.25) is 17.7 Å². The van der Waals surface area contributed by atoms with Crippen LogP contribution in [0, 0.1) is 23.7 Å². The lowest BCUT2D eigenvalue weighted by Crippen LogP contribution is -2.42. The van der Waals surface area contributed by atoms with Gasteiger partial charge in [0.1, 0.15) is 6.54 Å². The van der Waals surface area contributed by atoms with Gasteiger partial charge in [-0.15, -0.1) is 0 Å². The van der Waals surface area contributed by atoms with Crippen molar-refractivity contribution in [3.05, 3.63) is 47.0 Å². The van der Waals surface area contributed by atoms with Crippen molar-refractivity contribution >= 4 is 29.3 Å². The third-order valence-corrected chi connectivity index (χ3v) is 5.91. The van der Waals surface area contributed by atoms with Gasteiger partial charge in [-0.3, -0.25) is 19.3 Å². The van der Waals surface area contributed by atoms with Crippen molar-refractivity contribution in [1.29, 1.82) is 0 Å². The van der Waals surface area contributed by atoms with Crippen LogP contribution in [-0.2, 0) is 20.8 Å². The third-order valence-electron chi connectivity index (χ3n) is 5.54. The van der Waals surface area contributed by atoms with Crippen LogP contribution in [0.3, 0.4) is 0 Å². The Bertz CT molecular complexity index is 746. The van der Waals surface area contributed by atoms with E-state index in [1.807, 2.05) is 30.4 Å². The topological polar surface area (TPSA) is 66.5 Å². The fourth-order valence-corrected chi connectivity index (χ4v) is 4.59. The molecule has 3 amide bonds. The Hall–Kier alpha value is -2.14. The van der Waals surface area contributed by atoms with Gasteiger partial charge in [0.05, 0.1) is 11.8 Å². The molecule has 130 valence electrons. The first-order chi connectivity index (χ1) is 12.1. The number of carbonyl (C=O) groups is 3. The standard InChI is InChI=1S/C19H19ClN2O3/c20-14-4-2-1-3-11(14)7-8-21-15(23)10-22-18(24)16-12-5-6-13(9-12)17(16)19(22)25/h1-6,12-13,16-17H,7-10H2,(H,21,23)/t12-,13-,16+,17+/m0/s1. The molecule has 6 heteroatoms. The highest BCUT2D eigenvalue weighted by molar-refractivity contribution is 6.31. The molecule has 2 fully saturated rings. The maximum absolute atomic E-state index is 12.5. The average Bonchev–Trinajstić information content (AvgIpc) is 3.27. The Balaban J connectivity index is 1.32. The lowest BCUT2D eigenvalue weighted by molar-refractivity contribution is -0.144. The molecule has 5 nitrogen and oxygen atoms in total. The number of halogens is 1. The Morgan fingerprint density at radius 2 is 1.76 bits per heavy atom. The van der Waals surface area contributed by atoms with E-state index in [1.54, 1.807) is 6.07 Å². The SMILES string of the molecule is O=C(CN1C(=O)[C@H]2[C@H](C1=O)[C@H]1C=C[C@H]2C1)NCCc1ccccc1Cl. The lowest BCUT2D eigenvalue weighted by Gasteiger charge is -2.16. The molecule has 0 spiro atoms. The summed E-state index contributed by atoms with van der Waals surface area (Å²) in [5, 5.41) is 3.44. The number of hydrogen-bond donors (Lipinski definition) is 1. The molecule has 2 aliphatic carbocycles. The maximum atomic E-state index is 12.5. The molecule has 3 aliphatic rings. The minimum absolute atomic E-state index is 0.166. The Kier molecular flexibility index (Phi) is 4.12.